The van der Waals surface area contributed by atoms with Gasteiger partial charge >= 0.3 is 11.9 Å². The first-order valence-corrected chi connectivity index (χ1v) is 10.8. The lowest BCUT2D eigenvalue weighted by atomic mass is 10.1. The summed E-state index contributed by atoms with van der Waals surface area (Å²) in [5.41, 5.74) is 0. The highest BCUT2D eigenvalue weighted by atomic mass is 79.9. The van der Waals surface area contributed by atoms with Crippen LogP contribution in [0.4, 0.5) is 0 Å². The van der Waals surface area contributed by atoms with Crippen molar-refractivity contribution < 1.29 is 24.2 Å². The van der Waals surface area contributed by atoms with Crippen molar-refractivity contribution in [2.45, 2.75) is 90.1 Å². The molecule has 0 aromatic carbocycles. The molecule has 0 saturated heterocycles. The molecule has 148 valence electrons. The van der Waals surface area contributed by atoms with Crippen molar-refractivity contribution in [1.29, 1.82) is 0 Å². The van der Waals surface area contributed by atoms with Gasteiger partial charge in [0.15, 0.2) is 6.10 Å². The maximum Gasteiger partial charge on any atom is 0.306 e. The zero-order chi connectivity index (χ0) is 18.8. The third-order valence-corrected chi connectivity index (χ3v) is 4.49. The lowest BCUT2D eigenvalue weighted by molar-refractivity contribution is -0.161. The molecule has 0 aliphatic rings. The van der Waals surface area contributed by atoms with Crippen LogP contribution in [0.5, 0.6) is 0 Å². The van der Waals surface area contributed by atoms with E-state index in [-0.39, 0.29) is 25.2 Å². The van der Waals surface area contributed by atoms with Crippen LogP contribution in [0.25, 0.3) is 0 Å². The monoisotopic (exact) mass is 422 g/mol. The molecule has 1 unspecified atom stereocenters. The van der Waals surface area contributed by atoms with E-state index in [1.807, 2.05) is 0 Å². The molecule has 1 N–H and O–H groups in total. The molecular weight excluding hydrogens is 388 g/mol. The molecule has 0 aliphatic carbocycles. The molecule has 5 nitrogen and oxygen atoms in total. The SMILES string of the molecule is CCCCCCCC(=O)OCC(CO)OC(=O)CCCCCCCBr. The van der Waals surface area contributed by atoms with Crippen LogP contribution in [0.3, 0.4) is 0 Å². The second kappa shape index (κ2) is 18.2. The summed E-state index contributed by atoms with van der Waals surface area (Å²) in [4.78, 5) is 23.4. The van der Waals surface area contributed by atoms with Gasteiger partial charge in [-0.1, -0.05) is 67.8 Å². The molecule has 0 aliphatic heterocycles. The van der Waals surface area contributed by atoms with Crippen LogP contribution < -0.4 is 0 Å². The minimum atomic E-state index is -0.759. The van der Waals surface area contributed by atoms with E-state index in [0.717, 1.165) is 56.7 Å². The van der Waals surface area contributed by atoms with E-state index in [1.165, 1.54) is 12.8 Å². The third-order valence-electron chi connectivity index (χ3n) is 3.93. The van der Waals surface area contributed by atoms with Gasteiger partial charge in [0.25, 0.3) is 0 Å². The number of hydrogen-bond donors (Lipinski definition) is 1. The summed E-state index contributed by atoms with van der Waals surface area (Å²) in [5, 5.41) is 10.3. The number of halogens is 1. The fourth-order valence-corrected chi connectivity index (χ4v) is 2.79. The first kappa shape index (κ1) is 24.4. The summed E-state index contributed by atoms with van der Waals surface area (Å²) >= 11 is 3.39. The summed E-state index contributed by atoms with van der Waals surface area (Å²) in [7, 11) is 0. The Labute approximate surface area is 161 Å². The zero-order valence-corrected chi connectivity index (χ0v) is 17.2. The molecule has 0 heterocycles. The molecule has 0 rings (SSSR count). The summed E-state index contributed by atoms with van der Waals surface area (Å²) in [6, 6.07) is 0. The van der Waals surface area contributed by atoms with Gasteiger partial charge in [-0.15, -0.1) is 0 Å². The normalized spacial score (nSPS) is 12.0. The summed E-state index contributed by atoms with van der Waals surface area (Å²) in [6.45, 7) is 1.75. The Hall–Kier alpha value is -0.620. The number of rotatable bonds is 17. The zero-order valence-electron chi connectivity index (χ0n) is 15.6. The maximum absolute atomic E-state index is 11.7. The van der Waals surface area contributed by atoms with Crippen LogP contribution in [-0.2, 0) is 19.1 Å². The van der Waals surface area contributed by atoms with Crippen LogP contribution in [0.15, 0.2) is 0 Å². The lowest BCUT2D eigenvalue weighted by Gasteiger charge is -2.15. The molecule has 0 aromatic heterocycles. The van der Waals surface area contributed by atoms with Gasteiger partial charge in [-0.05, 0) is 19.3 Å². The van der Waals surface area contributed by atoms with E-state index < -0.39 is 6.10 Å². The van der Waals surface area contributed by atoms with Crippen LogP contribution in [0.1, 0.15) is 84.0 Å². The highest BCUT2D eigenvalue weighted by Gasteiger charge is 2.15. The molecule has 0 saturated carbocycles. The Kier molecular flexibility index (Phi) is 17.7. The molecule has 6 heteroatoms. The van der Waals surface area contributed by atoms with E-state index in [4.69, 9.17) is 9.47 Å². The molecular formula is C19H35BrO5. The Morgan fingerprint density at radius 3 is 2.04 bits per heavy atom. The standard InChI is InChI=1S/C19H35BrO5/c1-2-3-4-6-9-12-18(22)24-16-17(15-21)25-19(23)13-10-7-5-8-11-14-20/h17,21H,2-16H2,1H3. The van der Waals surface area contributed by atoms with E-state index in [2.05, 4.69) is 22.9 Å². The summed E-state index contributed by atoms with van der Waals surface area (Å²) in [5.74, 6) is -0.632. The number of aliphatic hydroxyl groups excluding tert-OH is 1. The van der Waals surface area contributed by atoms with Crippen LogP contribution in [0, 0.1) is 0 Å². The number of carbonyl (C=O) groups is 2. The molecule has 0 radical (unpaired) electrons. The van der Waals surface area contributed by atoms with E-state index >= 15 is 0 Å². The lowest BCUT2D eigenvalue weighted by Crippen LogP contribution is -2.28. The van der Waals surface area contributed by atoms with Gasteiger partial charge in [0.05, 0.1) is 6.61 Å². The number of ether oxygens (including phenoxy) is 2. The van der Waals surface area contributed by atoms with Crippen molar-refractivity contribution >= 4 is 27.9 Å². The van der Waals surface area contributed by atoms with Gasteiger partial charge < -0.3 is 14.6 Å². The van der Waals surface area contributed by atoms with Gasteiger partial charge in [-0.3, -0.25) is 9.59 Å². The quantitative estimate of drug-likeness (QED) is 0.211. The molecule has 0 spiro atoms. The highest BCUT2D eigenvalue weighted by molar-refractivity contribution is 9.09. The van der Waals surface area contributed by atoms with E-state index in [1.54, 1.807) is 0 Å². The van der Waals surface area contributed by atoms with Crippen LogP contribution in [-0.4, -0.2) is 41.7 Å². The number of esters is 2. The number of hydrogen-bond acceptors (Lipinski definition) is 5. The van der Waals surface area contributed by atoms with Crippen molar-refractivity contribution in [3.63, 3.8) is 0 Å². The molecule has 1 atom stereocenters. The van der Waals surface area contributed by atoms with Crippen LogP contribution in [0.2, 0.25) is 0 Å². The topological polar surface area (TPSA) is 72.8 Å². The Bertz CT molecular complexity index is 336. The van der Waals surface area contributed by atoms with Crippen molar-refractivity contribution in [3.05, 3.63) is 0 Å². The van der Waals surface area contributed by atoms with Gasteiger partial charge in [-0.25, -0.2) is 0 Å². The number of unbranched alkanes of at least 4 members (excludes halogenated alkanes) is 8. The number of carbonyl (C=O) groups excluding carboxylic acids is 2. The number of alkyl halides is 1. The Morgan fingerprint density at radius 2 is 1.44 bits per heavy atom. The van der Waals surface area contributed by atoms with Gasteiger partial charge in [0.2, 0.25) is 0 Å². The average Bonchev–Trinajstić information content (AvgIpc) is 2.61. The predicted molar refractivity (Wildman–Crippen MR) is 103 cm³/mol. The van der Waals surface area contributed by atoms with Crippen molar-refractivity contribution in [3.8, 4) is 0 Å². The minimum Gasteiger partial charge on any atom is -0.462 e. The smallest absolute Gasteiger partial charge is 0.306 e. The van der Waals surface area contributed by atoms with Gasteiger partial charge in [0.1, 0.15) is 6.61 Å². The van der Waals surface area contributed by atoms with Crippen LogP contribution >= 0.6 is 15.9 Å². The van der Waals surface area contributed by atoms with Crippen molar-refractivity contribution in [2.75, 3.05) is 18.5 Å². The predicted octanol–water partition coefficient (Wildman–Crippen LogP) is 4.53. The fraction of sp³-hybridized carbons (Fsp3) is 0.895. The molecule has 0 fully saturated rings. The van der Waals surface area contributed by atoms with Gasteiger partial charge in [0, 0.05) is 18.2 Å². The summed E-state index contributed by atoms with van der Waals surface area (Å²) in [6.07, 6.45) is 10.5. The first-order valence-electron chi connectivity index (χ1n) is 9.66. The highest BCUT2D eigenvalue weighted by Crippen LogP contribution is 2.09. The fourth-order valence-electron chi connectivity index (χ4n) is 2.39. The Balaban J connectivity index is 3.71. The molecule has 25 heavy (non-hydrogen) atoms. The van der Waals surface area contributed by atoms with E-state index in [0.29, 0.717) is 12.8 Å². The number of aliphatic hydroxyl groups is 1. The molecule has 0 bridgehead atoms. The molecule has 0 aromatic rings. The first-order chi connectivity index (χ1) is 12.1. The molecule has 0 amide bonds. The minimum absolute atomic E-state index is 0.0682. The Morgan fingerprint density at radius 1 is 0.880 bits per heavy atom. The largest absolute Gasteiger partial charge is 0.462 e. The van der Waals surface area contributed by atoms with Gasteiger partial charge in [-0.2, -0.15) is 0 Å². The van der Waals surface area contributed by atoms with E-state index in [9.17, 15) is 14.7 Å². The second-order valence-corrected chi connectivity index (χ2v) is 7.14. The second-order valence-electron chi connectivity index (χ2n) is 6.35. The summed E-state index contributed by atoms with van der Waals surface area (Å²) < 4.78 is 10.3. The maximum atomic E-state index is 11.7. The third kappa shape index (κ3) is 16.6. The average molecular weight is 423 g/mol. The van der Waals surface area contributed by atoms with Crippen molar-refractivity contribution in [2.24, 2.45) is 0 Å². The van der Waals surface area contributed by atoms with Crippen molar-refractivity contribution in [1.82, 2.24) is 0 Å².